The molecule has 4 fully saturated rings. The molecule has 20 heavy (non-hydrogen) atoms. The van der Waals surface area contributed by atoms with E-state index in [1.54, 1.807) is 5.57 Å². The minimum atomic E-state index is 0.510. The first-order valence-corrected chi connectivity index (χ1v) is 8.89. The van der Waals surface area contributed by atoms with Gasteiger partial charge in [-0.05, 0) is 68.6 Å². The summed E-state index contributed by atoms with van der Waals surface area (Å²) in [7, 11) is 0. The van der Waals surface area contributed by atoms with Gasteiger partial charge in [-0.15, -0.1) is 0 Å². The first kappa shape index (κ1) is 13.3. The molecule has 4 rings (SSSR count). The fraction of sp³-hybridized carbons (Fsp3) is 0.850. The van der Waals surface area contributed by atoms with Crippen molar-refractivity contribution in [2.45, 2.75) is 72.1 Å². The highest BCUT2D eigenvalue weighted by Gasteiger charge is 2.66. The van der Waals surface area contributed by atoms with Gasteiger partial charge in [0.05, 0.1) is 12.8 Å². The minimum absolute atomic E-state index is 0.510. The molecule has 4 aliphatic carbocycles. The largest absolute Gasteiger partial charge is 0.112 e. The van der Waals surface area contributed by atoms with Gasteiger partial charge in [0.1, 0.15) is 5.41 Å². The summed E-state index contributed by atoms with van der Waals surface area (Å²) in [6, 6.07) is 0. The van der Waals surface area contributed by atoms with E-state index < -0.39 is 0 Å². The lowest BCUT2D eigenvalue weighted by atomic mass is 9.41. The monoisotopic (exact) mass is 271 g/mol. The van der Waals surface area contributed by atoms with Crippen molar-refractivity contribution in [3.05, 3.63) is 18.6 Å². The maximum atomic E-state index is 4.43. The van der Waals surface area contributed by atoms with Crippen molar-refractivity contribution in [1.82, 2.24) is 0 Å². The standard InChI is InChI=1S/C20H31/c1-14-12-20-11-8-16-18(2,3)9-5-10-19(16,4)17(20)7-6-15(14)13-20/h10,15-17H,1,5-9,11-13H2,2-4H3/q+1/t15?,16-,17+,19-,20-/m1/s1. The Morgan fingerprint density at radius 2 is 1.85 bits per heavy atom. The summed E-state index contributed by atoms with van der Waals surface area (Å²) in [5.74, 6) is 2.75. The number of hydrogen-bond acceptors (Lipinski definition) is 0. The predicted octanol–water partition coefficient (Wildman–Crippen LogP) is 5.79. The molecule has 5 atom stereocenters. The van der Waals surface area contributed by atoms with Gasteiger partial charge in [-0.2, -0.15) is 0 Å². The van der Waals surface area contributed by atoms with E-state index in [-0.39, 0.29) is 0 Å². The molecule has 0 aliphatic heterocycles. The summed E-state index contributed by atoms with van der Waals surface area (Å²) < 4.78 is 0. The molecule has 0 aromatic heterocycles. The van der Waals surface area contributed by atoms with Crippen LogP contribution in [0, 0.1) is 40.4 Å². The van der Waals surface area contributed by atoms with Gasteiger partial charge >= 0.3 is 0 Å². The third-order valence-electron chi connectivity index (χ3n) is 8.10. The van der Waals surface area contributed by atoms with E-state index in [0.29, 0.717) is 16.2 Å². The molecule has 0 aromatic carbocycles. The van der Waals surface area contributed by atoms with Gasteiger partial charge in [0.25, 0.3) is 0 Å². The number of allylic oxidation sites excluding steroid dienone is 1. The molecule has 0 N–H and O–H groups in total. The van der Waals surface area contributed by atoms with E-state index in [1.165, 1.54) is 51.4 Å². The molecule has 0 heterocycles. The van der Waals surface area contributed by atoms with Crippen LogP contribution >= 0.6 is 0 Å². The Kier molecular flexibility index (Phi) is 2.57. The fourth-order valence-corrected chi connectivity index (χ4v) is 7.32. The Bertz CT molecular complexity index is 445. The van der Waals surface area contributed by atoms with Crippen molar-refractivity contribution in [3.63, 3.8) is 0 Å². The lowest BCUT2D eigenvalue weighted by Gasteiger charge is -2.59. The van der Waals surface area contributed by atoms with E-state index >= 15 is 0 Å². The maximum absolute atomic E-state index is 4.43. The molecule has 0 saturated heterocycles. The van der Waals surface area contributed by atoms with Gasteiger partial charge in [0, 0.05) is 11.8 Å². The molecule has 0 radical (unpaired) electrons. The van der Waals surface area contributed by atoms with Crippen LogP contribution in [-0.4, -0.2) is 0 Å². The lowest BCUT2D eigenvalue weighted by molar-refractivity contribution is -0.118. The topological polar surface area (TPSA) is 0 Å². The predicted molar refractivity (Wildman–Crippen MR) is 85.2 cm³/mol. The quantitative estimate of drug-likeness (QED) is 0.386. The zero-order valence-electron chi connectivity index (χ0n) is 13.7. The Balaban J connectivity index is 1.74. The molecule has 2 bridgehead atoms. The van der Waals surface area contributed by atoms with Crippen LogP contribution in [-0.2, 0) is 0 Å². The van der Waals surface area contributed by atoms with Crippen molar-refractivity contribution in [1.29, 1.82) is 0 Å². The van der Waals surface area contributed by atoms with E-state index in [1.807, 2.05) is 0 Å². The molecule has 1 unspecified atom stereocenters. The average Bonchev–Trinajstić information content (AvgIpc) is 2.58. The summed E-state index contributed by atoms with van der Waals surface area (Å²) in [6.07, 6.45) is 14.2. The Hall–Kier alpha value is -0.390. The number of hydrogen-bond donors (Lipinski definition) is 0. The summed E-state index contributed by atoms with van der Waals surface area (Å²) in [4.78, 5) is 0. The molecule has 0 amide bonds. The van der Waals surface area contributed by atoms with Crippen molar-refractivity contribution in [3.8, 4) is 0 Å². The van der Waals surface area contributed by atoms with Crippen LogP contribution in [0.3, 0.4) is 0 Å². The molecular weight excluding hydrogens is 240 g/mol. The van der Waals surface area contributed by atoms with Gasteiger partial charge in [0.2, 0.25) is 0 Å². The second-order valence-corrected chi connectivity index (χ2v) is 9.42. The Labute approximate surface area is 125 Å². The van der Waals surface area contributed by atoms with Gasteiger partial charge in [-0.1, -0.05) is 26.0 Å². The molecule has 4 aliphatic rings. The van der Waals surface area contributed by atoms with Crippen LogP contribution in [0.15, 0.2) is 12.2 Å². The van der Waals surface area contributed by atoms with E-state index in [4.69, 9.17) is 0 Å². The molecule has 1 spiro atoms. The van der Waals surface area contributed by atoms with Crippen LogP contribution in [0.1, 0.15) is 72.1 Å². The van der Waals surface area contributed by atoms with Crippen molar-refractivity contribution in [2.24, 2.45) is 34.0 Å². The van der Waals surface area contributed by atoms with Crippen LogP contribution in [0.4, 0.5) is 0 Å². The van der Waals surface area contributed by atoms with Crippen molar-refractivity contribution in [2.75, 3.05) is 0 Å². The van der Waals surface area contributed by atoms with Gasteiger partial charge in [-0.3, -0.25) is 0 Å². The van der Waals surface area contributed by atoms with Crippen molar-refractivity contribution < 1.29 is 0 Å². The van der Waals surface area contributed by atoms with Crippen LogP contribution < -0.4 is 0 Å². The lowest BCUT2D eigenvalue weighted by Crippen LogP contribution is -2.56. The summed E-state index contributed by atoms with van der Waals surface area (Å²) in [5.41, 5.74) is 3.31. The number of rotatable bonds is 0. The fourth-order valence-electron chi connectivity index (χ4n) is 7.32. The highest BCUT2D eigenvalue weighted by Crippen LogP contribution is 2.71. The molecule has 0 aromatic rings. The SMILES string of the molecule is C=C1C[C@@]23CC[C@@H]4C(C)(C)CC[CH+][C@@]4(C)[C@@H]2CCC1C3. The van der Waals surface area contributed by atoms with Crippen LogP contribution in [0.2, 0.25) is 0 Å². The maximum Gasteiger partial charge on any atom is 0.112 e. The molecule has 4 saturated carbocycles. The van der Waals surface area contributed by atoms with Crippen molar-refractivity contribution >= 4 is 0 Å². The normalized spacial score (nSPS) is 53.0. The summed E-state index contributed by atoms with van der Waals surface area (Å²) >= 11 is 0. The second-order valence-electron chi connectivity index (χ2n) is 9.42. The zero-order chi connectivity index (χ0) is 14.2. The highest BCUT2D eigenvalue weighted by molar-refractivity contribution is 5.23. The van der Waals surface area contributed by atoms with Gasteiger partial charge < -0.3 is 0 Å². The third-order valence-corrected chi connectivity index (χ3v) is 8.10. The van der Waals surface area contributed by atoms with Crippen LogP contribution in [0.5, 0.6) is 0 Å². The summed E-state index contributed by atoms with van der Waals surface area (Å²) in [5, 5.41) is 0. The zero-order valence-corrected chi connectivity index (χ0v) is 13.7. The first-order valence-electron chi connectivity index (χ1n) is 8.89. The molecule has 0 heteroatoms. The Morgan fingerprint density at radius 1 is 1.05 bits per heavy atom. The Morgan fingerprint density at radius 3 is 2.65 bits per heavy atom. The third kappa shape index (κ3) is 1.52. The average molecular weight is 271 g/mol. The highest BCUT2D eigenvalue weighted by atomic mass is 14.7. The number of fused-ring (bicyclic) bond motifs is 3. The molecular formula is C20H31+. The second kappa shape index (κ2) is 3.87. The van der Waals surface area contributed by atoms with E-state index in [2.05, 4.69) is 33.8 Å². The van der Waals surface area contributed by atoms with E-state index in [0.717, 1.165) is 17.8 Å². The van der Waals surface area contributed by atoms with Crippen LogP contribution in [0.25, 0.3) is 0 Å². The smallest absolute Gasteiger partial charge is 0.0996 e. The van der Waals surface area contributed by atoms with Gasteiger partial charge in [0.15, 0.2) is 0 Å². The first-order chi connectivity index (χ1) is 9.37. The summed E-state index contributed by atoms with van der Waals surface area (Å²) in [6.45, 7) is 12.1. The van der Waals surface area contributed by atoms with Gasteiger partial charge in [-0.25, -0.2) is 0 Å². The molecule has 0 nitrogen and oxygen atoms in total. The van der Waals surface area contributed by atoms with E-state index in [9.17, 15) is 0 Å². The minimum Gasteiger partial charge on any atom is -0.0996 e. The molecule has 110 valence electrons.